The lowest BCUT2D eigenvalue weighted by atomic mass is 10.3. The molecule has 0 saturated carbocycles. The average molecular weight is 452 g/mol. The number of hydrogen-bond acceptors (Lipinski definition) is 6. The Labute approximate surface area is 154 Å². The molecule has 0 spiro atoms. The molecule has 29 heavy (non-hydrogen) atoms. The highest BCUT2D eigenvalue weighted by atomic mass is 19.4. The Bertz CT molecular complexity index is 609. The van der Waals surface area contributed by atoms with Crippen LogP contribution in [-0.2, 0) is 28.6 Å². The lowest BCUT2D eigenvalue weighted by molar-refractivity contribution is -0.282. The summed E-state index contributed by atoms with van der Waals surface area (Å²) in [6.07, 6.45) is -15.1. The molecule has 0 N–H and O–H groups in total. The molecule has 0 saturated heterocycles. The number of esters is 3. The minimum Gasteiger partial charge on any atom is -0.457 e. The lowest BCUT2D eigenvalue weighted by Crippen LogP contribution is -2.47. The van der Waals surface area contributed by atoms with Crippen molar-refractivity contribution >= 4 is 17.9 Å². The van der Waals surface area contributed by atoms with E-state index in [9.17, 15) is 58.3 Å². The summed E-state index contributed by atoms with van der Waals surface area (Å²) in [5, 5.41) is 0. The first-order chi connectivity index (χ1) is 12.7. The van der Waals surface area contributed by atoms with Gasteiger partial charge in [0, 0.05) is 5.57 Å². The van der Waals surface area contributed by atoms with Gasteiger partial charge in [-0.1, -0.05) is 6.58 Å². The molecule has 0 aromatic carbocycles. The second kappa shape index (κ2) is 8.86. The van der Waals surface area contributed by atoms with Gasteiger partial charge in [0.15, 0.2) is 6.10 Å². The van der Waals surface area contributed by atoms with Crippen LogP contribution < -0.4 is 0 Å². The maximum absolute atomic E-state index is 12.7. The summed E-state index contributed by atoms with van der Waals surface area (Å²) in [7, 11) is 0. The third-order valence-corrected chi connectivity index (χ3v) is 2.65. The van der Waals surface area contributed by atoms with E-state index in [4.69, 9.17) is 0 Å². The first-order valence-corrected chi connectivity index (χ1v) is 6.85. The normalized spacial score (nSPS) is 13.1. The molecule has 0 unspecified atom stereocenters. The van der Waals surface area contributed by atoms with Crippen LogP contribution in [0.4, 0.5) is 43.9 Å². The molecule has 0 aliphatic carbocycles. The second-order valence-electron chi connectivity index (χ2n) is 5.15. The highest BCUT2D eigenvalue weighted by Crippen LogP contribution is 2.37. The maximum Gasteiger partial charge on any atom is 0.465 e. The Hall–Kier alpha value is -2.55. The Balaban J connectivity index is 5.24. The van der Waals surface area contributed by atoms with E-state index in [1.54, 1.807) is 0 Å². The molecule has 0 atom stereocenters. The van der Waals surface area contributed by atoms with E-state index in [-0.39, 0.29) is 0 Å². The first kappa shape index (κ1) is 26.4. The van der Waals surface area contributed by atoms with Crippen LogP contribution >= 0.6 is 0 Å². The van der Waals surface area contributed by atoms with Gasteiger partial charge >= 0.3 is 42.1 Å². The summed E-state index contributed by atoms with van der Waals surface area (Å²) >= 11 is 0. The SMILES string of the molecule is C=C(C)C(=O)OC(COC(=O)C(F)(F)C(F)(F)F)COC(=O)C(F)(F)C(F)(F)F. The summed E-state index contributed by atoms with van der Waals surface area (Å²) in [5.41, 5.74) is -0.450. The molecule has 0 aromatic heterocycles. The highest BCUT2D eigenvalue weighted by Gasteiger charge is 2.66. The van der Waals surface area contributed by atoms with Gasteiger partial charge in [0.1, 0.15) is 13.2 Å². The Morgan fingerprint density at radius 3 is 1.31 bits per heavy atom. The van der Waals surface area contributed by atoms with Crippen LogP contribution in [0.5, 0.6) is 0 Å². The zero-order valence-corrected chi connectivity index (χ0v) is 13.9. The molecule has 0 radical (unpaired) electrons. The lowest BCUT2D eigenvalue weighted by Gasteiger charge is -2.22. The standard InChI is InChI=1S/C13H10F10O6/c1-5(2)7(24)29-6(3-27-8(25)10(14,15)12(18,19)20)4-28-9(26)11(16,17)13(21,22)23/h6H,1,3-4H2,2H3. The van der Waals surface area contributed by atoms with Gasteiger partial charge in [-0.05, 0) is 6.92 Å². The summed E-state index contributed by atoms with van der Waals surface area (Å²) in [6.45, 7) is 0.566. The largest absolute Gasteiger partial charge is 0.465 e. The van der Waals surface area contributed by atoms with E-state index >= 15 is 0 Å². The van der Waals surface area contributed by atoms with Crippen molar-refractivity contribution in [3.63, 3.8) is 0 Å². The van der Waals surface area contributed by atoms with Crippen molar-refractivity contribution in [2.75, 3.05) is 13.2 Å². The summed E-state index contributed by atoms with van der Waals surface area (Å²) < 4.78 is 134. The molecule has 0 amide bonds. The first-order valence-electron chi connectivity index (χ1n) is 6.85. The smallest absolute Gasteiger partial charge is 0.457 e. The van der Waals surface area contributed by atoms with Gasteiger partial charge in [0.05, 0.1) is 0 Å². The van der Waals surface area contributed by atoms with Crippen molar-refractivity contribution in [3.8, 4) is 0 Å². The summed E-state index contributed by atoms with van der Waals surface area (Å²) in [4.78, 5) is 33.0. The molecule has 168 valence electrons. The predicted molar refractivity (Wildman–Crippen MR) is 68.6 cm³/mol. The van der Waals surface area contributed by atoms with E-state index in [0.29, 0.717) is 0 Å². The molecular weight excluding hydrogens is 442 g/mol. The predicted octanol–water partition coefficient (Wildman–Crippen LogP) is 2.96. The van der Waals surface area contributed by atoms with E-state index in [1.807, 2.05) is 0 Å². The Kier molecular flexibility index (Phi) is 8.08. The number of hydrogen-bond donors (Lipinski definition) is 0. The quantitative estimate of drug-likeness (QED) is 0.244. The fourth-order valence-corrected chi connectivity index (χ4v) is 1.12. The Morgan fingerprint density at radius 1 is 0.759 bits per heavy atom. The minimum atomic E-state index is -6.38. The van der Waals surface area contributed by atoms with Crippen LogP contribution in [-0.4, -0.2) is 61.4 Å². The van der Waals surface area contributed by atoms with Crippen LogP contribution in [0, 0.1) is 0 Å². The van der Waals surface area contributed by atoms with Gasteiger partial charge in [0.25, 0.3) is 0 Å². The zero-order chi connectivity index (χ0) is 23.4. The van der Waals surface area contributed by atoms with E-state index < -0.39 is 67.0 Å². The van der Waals surface area contributed by atoms with Crippen LogP contribution in [0.3, 0.4) is 0 Å². The molecule has 6 nitrogen and oxygen atoms in total. The van der Waals surface area contributed by atoms with Crippen molar-refractivity contribution in [2.45, 2.75) is 37.2 Å². The van der Waals surface area contributed by atoms with Gasteiger partial charge in [-0.2, -0.15) is 43.9 Å². The van der Waals surface area contributed by atoms with Crippen molar-refractivity contribution in [1.82, 2.24) is 0 Å². The van der Waals surface area contributed by atoms with Crippen LogP contribution in [0.2, 0.25) is 0 Å². The number of alkyl halides is 10. The molecule has 16 heteroatoms. The zero-order valence-electron chi connectivity index (χ0n) is 13.9. The number of ether oxygens (including phenoxy) is 3. The van der Waals surface area contributed by atoms with Crippen molar-refractivity contribution in [3.05, 3.63) is 12.2 Å². The molecule has 0 fully saturated rings. The monoisotopic (exact) mass is 452 g/mol. The molecule has 0 aromatic rings. The van der Waals surface area contributed by atoms with Crippen molar-refractivity contribution in [1.29, 1.82) is 0 Å². The fraction of sp³-hybridized carbons (Fsp3) is 0.615. The van der Waals surface area contributed by atoms with Crippen LogP contribution in [0.15, 0.2) is 12.2 Å². The molecule has 0 bridgehead atoms. The van der Waals surface area contributed by atoms with E-state index in [0.717, 1.165) is 6.92 Å². The van der Waals surface area contributed by atoms with Gasteiger partial charge in [-0.3, -0.25) is 0 Å². The van der Waals surface area contributed by atoms with Crippen LogP contribution in [0.1, 0.15) is 6.92 Å². The summed E-state index contributed by atoms with van der Waals surface area (Å²) in [6, 6.07) is 0. The maximum atomic E-state index is 12.7. The number of halogens is 10. The third-order valence-electron chi connectivity index (χ3n) is 2.65. The van der Waals surface area contributed by atoms with E-state index in [1.165, 1.54) is 0 Å². The van der Waals surface area contributed by atoms with Gasteiger partial charge in [-0.25, -0.2) is 14.4 Å². The molecule has 0 heterocycles. The van der Waals surface area contributed by atoms with Gasteiger partial charge in [-0.15, -0.1) is 0 Å². The minimum absolute atomic E-state index is 0.450. The van der Waals surface area contributed by atoms with Crippen molar-refractivity contribution < 1.29 is 72.5 Å². The number of rotatable bonds is 8. The molecule has 0 rings (SSSR count). The topological polar surface area (TPSA) is 78.9 Å². The van der Waals surface area contributed by atoms with Crippen molar-refractivity contribution in [2.24, 2.45) is 0 Å². The molecular formula is C13H10F10O6. The average Bonchev–Trinajstić information content (AvgIpc) is 2.53. The van der Waals surface area contributed by atoms with Crippen LogP contribution in [0.25, 0.3) is 0 Å². The van der Waals surface area contributed by atoms with E-state index in [2.05, 4.69) is 20.8 Å². The molecule has 0 aliphatic heterocycles. The highest BCUT2D eigenvalue weighted by molar-refractivity contribution is 5.87. The summed E-state index contributed by atoms with van der Waals surface area (Å²) in [5.74, 6) is -19.9. The number of carbonyl (C=O) groups excluding carboxylic acids is 3. The van der Waals surface area contributed by atoms with Gasteiger partial charge < -0.3 is 14.2 Å². The number of carbonyl (C=O) groups is 3. The molecule has 0 aliphatic rings. The fourth-order valence-electron chi connectivity index (χ4n) is 1.12. The third kappa shape index (κ3) is 6.77. The Morgan fingerprint density at radius 2 is 1.07 bits per heavy atom. The van der Waals surface area contributed by atoms with Gasteiger partial charge in [0.2, 0.25) is 0 Å². The second-order valence-corrected chi connectivity index (χ2v) is 5.15.